The van der Waals surface area contributed by atoms with Crippen LogP contribution in [0.15, 0.2) is 12.3 Å². The molecule has 2 N–H and O–H groups in total. The van der Waals surface area contributed by atoms with Crippen LogP contribution in [0.4, 0.5) is 11.5 Å². The topological polar surface area (TPSA) is 68.5 Å². The first kappa shape index (κ1) is 12.7. The van der Waals surface area contributed by atoms with Crippen LogP contribution in [0, 0.1) is 5.92 Å². The third-order valence-electron chi connectivity index (χ3n) is 3.51. The van der Waals surface area contributed by atoms with Gasteiger partial charge in [-0.25, -0.2) is 9.78 Å². The Bertz CT molecular complexity index is 448. The Labute approximate surface area is 107 Å². The highest BCUT2D eigenvalue weighted by atomic mass is 16.5. The van der Waals surface area contributed by atoms with Gasteiger partial charge in [-0.05, 0) is 18.4 Å². The maximum absolute atomic E-state index is 11.6. The van der Waals surface area contributed by atoms with Gasteiger partial charge in [-0.2, -0.15) is 0 Å². The number of nitrogen functional groups attached to an aromatic ring is 1. The van der Waals surface area contributed by atoms with Crippen LogP contribution in [0.3, 0.4) is 0 Å². The van der Waals surface area contributed by atoms with Crippen molar-refractivity contribution in [3.63, 3.8) is 0 Å². The molecule has 1 unspecified atom stereocenters. The van der Waals surface area contributed by atoms with Gasteiger partial charge in [0.05, 0.1) is 24.6 Å². The van der Waals surface area contributed by atoms with Gasteiger partial charge in [-0.15, -0.1) is 0 Å². The van der Waals surface area contributed by atoms with Crippen molar-refractivity contribution < 1.29 is 9.53 Å². The van der Waals surface area contributed by atoms with Crippen LogP contribution in [0.1, 0.15) is 30.1 Å². The molecule has 1 aliphatic heterocycles. The molecule has 2 rings (SSSR count). The number of esters is 1. The average Bonchev–Trinajstić information content (AvgIpc) is 2.87. The number of hydrogen-bond acceptors (Lipinski definition) is 5. The Morgan fingerprint density at radius 1 is 1.67 bits per heavy atom. The van der Waals surface area contributed by atoms with Crippen LogP contribution < -0.4 is 10.6 Å². The van der Waals surface area contributed by atoms with E-state index in [-0.39, 0.29) is 0 Å². The van der Waals surface area contributed by atoms with Crippen molar-refractivity contribution in [2.75, 3.05) is 30.8 Å². The number of ether oxygens (including phenoxy) is 1. The molecule has 2 heterocycles. The monoisotopic (exact) mass is 249 g/mol. The molecule has 5 nitrogen and oxygen atoms in total. The van der Waals surface area contributed by atoms with E-state index in [0.29, 0.717) is 17.2 Å². The minimum absolute atomic E-state index is 0.358. The average molecular weight is 249 g/mol. The zero-order chi connectivity index (χ0) is 13.1. The van der Waals surface area contributed by atoms with E-state index in [4.69, 9.17) is 10.5 Å². The van der Waals surface area contributed by atoms with Crippen LogP contribution in [-0.2, 0) is 4.74 Å². The van der Waals surface area contributed by atoms with E-state index >= 15 is 0 Å². The van der Waals surface area contributed by atoms with Gasteiger partial charge in [-0.3, -0.25) is 0 Å². The van der Waals surface area contributed by atoms with Crippen LogP contribution in [0.2, 0.25) is 0 Å². The van der Waals surface area contributed by atoms with Gasteiger partial charge < -0.3 is 15.4 Å². The summed E-state index contributed by atoms with van der Waals surface area (Å²) in [6, 6.07) is 1.72. The molecule has 1 aromatic rings. The van der Waals surface area contributed by atoms with Crippen LogP contribution in [0.5, 0.6) is 0 Å². The lowest BCUT2D eigenvalue weighted by molar-refractivity contribution is 0.0602. The van der Waals surface area contributed by atoms with E-state index in [1.54, 1.807) is 6.07 Å². The number of hydrogen-bond donors (Lipinski definition) is 1. The minimum Gasteiger partial charge on any atom is -0.465 e. The molecule has 1 aliphatic rings. The number of nitrogens with zero attached hydrogens (tertiary/aromatic N) is 2. The first-order valence-corrected chi connectivity index (χ1v) is 6.24. The maximum atomic E-state index is 11.6. The van der Waals surface area contributed by atoms with Crippen molar-refractivity contribution in [1.82, 2.24) is 4.98 Å². The SMILES string of the molecule is CCC1CCN(c2cc(C(=O)OC)c(N)cn2)C1. The summed E-state index contributed by atoms with van der Waals surface area (Å²) in [5, 5.41) is 0. The Balaban J connectivity index is 2.22. The molecule has 18 heavy (non-hydrogen) atoms. The van der Waals surface area contributed by atoms with Crippen molar-refractivity contribution in [3.05, 3.63) is 17.8 Å². The van der Waals surface area contributed by atoms with E-state index in [0.717, 1.165) is 18.9 Å². The highest BCUT2D eigenvalue weighted by molar-refractivity contribution is 5.95. The van der Waals surface area contributed by atoms with Gasteiger partial charge in [0.25, 0.3) is 0 Å². The largest absolute Gasteiger partial charge is 0.465 e. The number of anilines is 2. The quantitative estimate of drug-likeness (QED) is 0.825. The smallest absolute Gasteiger partial charge is 0.340 e. The fraction of sp³-hybridized carbons (Fsp3) is 0.538. The molecule has 0 bridgehead atoms. The zero-order valence-corrected chi connectivity index (χ0v) is 10.8. The summed E-state index contributed by atoms with van der Waals surface area (Å²) in [6.45, 7) is 4.18. The van der Waals surface area contributed by atoms with Crippen molar-refractivity contribution in [3.8, 4) is 0 Å². The second-order valence-corrected chi connectivity index (χ2v) is 4.63. The second kappa shape index (κ2) is 5.25. The normalized spacial score (nSPS) is 19.0. The summed E-state index contributed by atoms with van der Waals surface area (Å²) in [5.74, 6) is 1.11. The molecular weight excluding hydrogens is 230 g/mol. The molecule has 1 aromatic heterocycles. The van der Waals surface area contributed by atoms with E-state index in [1.807, 2.05) is 0 Å². The molecule has 0 radical (unpaired) electrons. The Hall–Kier alpha value is -1.78. The second-order valence-electron chi connectivity index (χ2n) is 4.63. The highest BCUT2D eigenvalue weighted by Gasteiger charge is 2.23. The summed E-state index contributed by atoms with van der Waals surface area (Å²) in [7, 11) is 1.35. The predicted octanol–water partition coefficient (Wildman–Crippen LogP) is 1.69. The maximum Gasteiger partial charge on any atom is 0.340 e. The lowest BCUT2D eigenvalue weighted by Gasteiger charge is -2.18. The molecule has 0 aliphatic carbocycles. The molecular formula is C13H19N3O2. The Morgan fingerprint density at radius 3 is 3.06 bits per heavy atom. The summed E-state index contributed by atoms with van der Waals surface area (Å²) >= 11 is 0. The van der Waals surface area contributed by atoms with Crippen LogP contribution >= 0.6 is 0 Å². The minimum atomic E-state index is -0.414. The van der Waals surface area contributed by atoms with Crippen molar-refractivity contribution >= 4 is 17.5 Å². The fourth-order valence-corrected chi connectivity index (χ4v) is 2.29. The molecule has 0 aromatic carbocycles. The fourth-order valence-electron chi connectivity index (χ4n) is 2.29. The lowest BCUT2D eigenvalue weighted by atomic mass is 10.1. The van der Waals surface area contributed by atoms with Gasteiger partial charge in [0.2, 0.25) is 0 Å². The van der Waals surface area contributed by atoms with E-state index in [2.05, 4.69) is 16.8 Å². The standard InChI is InChI=1S/C13H19N3O2/c1-3-9-4-5-16(8-9)12-6-10(13(17)18-2)11(14)7-15-12/h6-7,9H,3-5,8,14H2,1-2H3. The highest BCUT2D eigenvalue weighted by Crippen LogP contribution is 2.26. The van der Waals surface area contributed by atoms with Crippen molar-refractivity contribution in [2.24, 2.45) is 5.92 Å². The van der Waals surface area contributed by atoms with Gasteiger partial charge in [0.1, 0.15) is 5.82 Å². The van der Waals surface area contributed by atoms with Gasteiger partial charge in [-0.1, -0.05) is 13.3 Å². The molecule has 0 spiro atoms. The van der Waals surface area contributed by atoms with Gasteiger partial charge in [0.15, 0.2) is 0 Å². The number of nitrogens with two attached hydrogens (primary N) is 1. The first-order valence-electron chi connectivity index (χ1n) is 6.24. The summed E-state index contributed by atoms with van der Waals surface area (Å²) in [6.07, 6.45) is 3.88. The van der Waals surface area contributed by atoms with Crippen LogP contribution in [-0.4, -0.2) is 31.2 Å². The Morgan fingerprint density at radius 2 is 2.44 bits per heavy atom. The molecule has 1 fully saturated rings. The molecule has 5 heteroatoms. The first-order chi connectivity index (χ1) is 8.65. The zero-order valence-electron chi connectivity index (χ0n) is 10.8. The summed E-state index contributed by atoms with van der Waals surface area (Å²) in [5.41, 5.74) is 6.49. The number of methoxy groups -OCH3 is 1. The molecule has 98 valence electrons. The van der Waals surface area contributed by atoms with Crippen molar-refractivity contribution in [2.45, 2.75) is 19.8 Å². The van der Waals surface area contributed by atoms with E-state index < -0.39 is 5.97 Å². The number of aromatic nitrogens is 1. The third kappa shape index (κ3) is 2.39. The number of carbonyl (C=O) groups excluding carboxylic acids is 1. The molecule has 0 saturated carbocycles. The van der Waals surface area contributed by atoms with E-state index in [1.165, 1.54) is 26.1 Å². The predicted molar refractivity (Wildman–Crippen MR) is 70.6 cm³/mol. The molecule has 1 atom stereocenters. The third-order valence-corrected chi connectivity index (χ3v) is 3.51. The number of pyridine rings is 1. The van der Waals surface area contributed by atoms with Crippen molar-refractivity contribution in [1.29, 1.82) is 0 Å². The summed E-state index contributed by atoms with van der Waals surface area (Å²) in [4.78, 5) is 18.1. The summed E-state index contributed by atoms with van der Waals surface area (Å²) < 4.78 is 4.71. The Kier molecular flexibility index (Phi) is 3.69. The van der Waals surface area contributed by atoms with Gasteiger partial charge in [0, 0.05) is 13.1 Å². The number of carbonyl (C=O) groups is 1. The van der Waals surface area contributed by atoms with Gasteiger partial charge >= 0.3 is 5.97 Å². The lowest BCUT2D eigenvalue weighted by Crippen LogP contribution is -2.21. The number of rotatable bonds is 3. The molecule has 1 saturated heterocycles. The molecule has 0 amide bonds. The van der Waals surface area contributed by atoms with E-state index in [9.17, 15) is 4.79 Å². The van der Waals surface area contributed by atoms with Crippen LogP contribution in [0.25, 0.3) is 0 Å².